The van der Waals surface area contributed by atoms with Crippen LogP contribution in [0.2, 0.25) is 0 Å². The average molecular weight is 281 g/mol. The van der Waals surface area contributed by atoms with Crippen LogP contribution < -0.4 is 5.73 Å². The highest BCUT2D eigenvalue weighted by atomic mass is 16.5. The number of nitrogens with two attached hydrogens (primary N) is 1. The fourth-order valence-electron chi connectivity index (χ4n) is 2.04. The third-order valence-electron chi connectivity index (χ3n) is 3.15. The molecule has 0 aliphatic carbocycles. The lowest BCUT2D eigenvalue weighted by Gasteiger charge is -2.01. The summed E-state index contributed by atoms with van der Waals surface area (Å²) in [6, 6.07) is 9.25. The number of aryl methyl sites for hydroxylation is 2. The number of nitrogens with zero attached hydrogens (tertiary/aromatic N) is 4. The van der Waals surface area contributed by atoms with Gasteiger partial charge in [-0.1, -0.05) is 12.1 Å². The number of hydrogen-bond acceptors (Lipinski definition) is 6. The highest BCUT2D eigenvalue weighted by molar-refractivity contribution is 5.62. The van der Waals surface area contributed by atoms with E-state index in [0.29, 0.717) is 17.4 Å². The van der Waals surface area contributed by atoms with Crippen molar-refractivity contribution in [1.29, 1.82) is 0 Å². The van der Waals surface area contributed by atoms with Crippen molar-refractivity contribution in [3.05, 3.63) is 41.7 Å². The van der Waals surface area contributed by atoms with Crippen molar-refractivity contribution in [2.24, 2.45) is 0 Å². The zero-order chi connectivity index (χ0) is 14.8. The molecule has 2 heterocycles. The lowest BCUT2D eigenvalue weighted by atomic mass is 10.1. The van der Waals surface area contributed by atoms with Crippen LogP contribution in [0.25, 0.3) is 22.8 Å². The van der Waals surface area contributed by atoms with Crippen molar-refractivity contribution in [2.45, 2.75) is 20.3 Å². The molecule has 0 bridgehead atoms. The first-order valence-electron chi connectivity index (χ1n) is 6.70. The summed E-state index contributed by atoms with van der Waals surface area (Å²) in [6.45, 7) is 3.90. The SMILES string of the molecule is CCc1nnc(C)cc1-c1nc(-c2ccc(N)cc2)no1. The number of benzene rings is 1. The van der Waals surface area contributed by atoms with Gasteiger partial charge in [-0.05, 0) is 43.7 Å². The molecule has 0 amide bonds. The molecule has 3 rings (SSSR count). The fraction of sp³-hybridized carbons (Fsp3) is 0.200. The second kappa shape index (κ2) is 5.32. The number of aromatic nitrogens is 4. The first-order chi connectivity index (χ1) is 10.2. The minimum Gasteiger partial charge on any atom is -0.399 e. The van der Waals surface area contributed by atoms with E-state index in [4.69, 9.17) is 10.3 Å². The summed E-state index contributed by atoms with van der Waals surface area (Å²) in [7, 11) is 0. The van der Waals surface area contributed by atoms with Gasteiger partial charge in [0.15, 0.2) is 0 Å². The number of nitrogen functional groups attached to an aromatic ring is 1. The minimum atomic E-state index is 0.455. The molecular formula is C15H15N5O. The van der Waals surface area contributed by atoms with Crippen LogP contribution in [0.1, 0.15) is 18.3 Å². The van der Waals surface area contributed by atoms with Gasteiger partial charge in [0.05, 0.1) is 17.0 Å². The molecule has 6 nitrogen and oxygen atoms in total. The predicted molar refractivity (Wildman–Crippen MR) is 79.3 cm³/mol. The number of hydrogen-bond donors (Lipinski definition) is 1. The van der Waals surface area contributed by atoms with Crippen LogP contribution >= 0.6 is 0 Å². The van der Waals surface area contributed by atoms with Gasteiger partial charge in [-0.2, -0.15) is 15.2 Å². The Hall–Kier alpha value is -2.76. The van der Waals surface area contributed by atoms with Gasteiger partial charge in [-0.15, -0.1) is 0 Å². The van der Waals surface area contributed by atoms with Crippen LogP contribution in [0.4, 0.5) is 5.69 Å². The Bertz CT molecular complexity index is 764. The smallest absolute Gasteiger partial charge is 0.260 e. The van der Waals surface area contributed by atoms with Crippen LogP contribution in [0, 0.1) is 6.92 Å². The molecule has 2 aromatic heterocycles. The lowest BCUT2D eigenvalue weighted by molar-refractivity contribution is 0.431. The third-order valence-corrected chi connectivity index (χ3v) is 3.15. The average Bonchev–Trinajstić information content (AvgIpc) is 2.97. The summed E-state index contributed by atoms with van der Waals surface area (Å²) in [5, 5.41) is 12.3. The standard InChI is InChI=1S/C15H15N5O/c1-3-13-12(8-9(2)18-19-13)15-17-14(20-21-15)10-4-6-11(16)7-5-10/h4-8H,3,16H2,1-2H3. The molecule has 0 saturated heterocycles. The van der Waals surface area contributed by atoms with Crippen LogP contribution in [0.5, 0.6) is 0 Å². The largest absolute Gasteiger partial charge is 0.399 e. The lowest BCUT2D eigenvalue weighted by Crippen LogP contribution is -1.97. The Labute approximate surface area is 122 Å². The van der Waals surface area contributed by atoms with E-state index in [1.807, 2.05) is 32.0 Å². The summed E-state index contributed by atoms with van der Waals surface area (Å²) in [6.07, 6.45) is 0.752. The maximum absolute atomic E-state index is 5.68. The number of anilines is 1. The summed E-state index contributed by atoms with van der Waals surface area (Å²) in [4.78, 5) is 4.44. The molecule has 1 aromatic carbocycles. The van der Waals surface area contributed by atoms with E-state index in [9.17, 15) is 0 Å². The van der Waals surface area contributed by atoms with Gasteiger partial charge in [-0.3, -0.25) is 0 Å². The van der Waals surface area contributed by atoms with Gasteiger partial charge in [0, 0.05) is 11.3 Å². The third kappa shape index (κ3) is 2.60. The van der Waals surface area contributed by atoms with Crippen molar-refractivity contribution < 1.29 is 4.52 Å². The second-order valence-corrected chi connectivity index (χ2v) is 4.74. The van der Waals surface area contributed by atoms with Gasteiger partial charge >= 0.3 is 0 Å². The molecule has 0 aliphatic rings. The normalized spacial score (nSPS) is 10.8. The first kappa shape index (κ1) is 13.2. The molecule has 0 atom stereocenters. The van der Waals surface area contributed by atoms with Crippen LogP contribution in [-0.2, 0) is 6.42 Å². The predicted octanol–water partition coefficient (Wildman–Crippen LogP) is 2.65. The van der Waals surface area contributed by atoms with E-state index in [1.54, 1.807) is 12.1 Å². The van der Waals surface area contributed by atoms with Gasteiger partial charge in [0.25, 0.3) is 5.89 Å². The van der Waals surface area contributed by atoms with Gasteiger partial charge in [0.1, 0.15) is 0 Å². The molecule has 106 valence electrons. The topological polar surface area (TPSA) is 90.7 Å². The molecule has 0 fully saturated rings. The molecule has 0 unspecified atom stereocenters. The molecular weight excluding hydrogens is 266 g/mol. The molecule has 0 aliphatic heterocycles. The molecule has 0 spiro atoms. The molecule has 2 N–H and O–H groups in total. The number of rotatable bonds is 3. The van der Waals surface area contributed by atoms with E-state index in [2.05, 4.69) is 20.3 Å². The highest BCUT2D eigenvalue weighted by Gasteiger charge is 2.15. The monoisotopic (exact) mass is 281 g/mol. The van der Waals surface area contributed by atoms with Crippen molar-refractivity contribution >= 4 is 5.69 Å². The van der Waals surface area contributed by atoms with E-state index in [-0.39, 0.29) is 0 Å². The molecule has 6 heteroatoms. The Morgan fingerprint density at radius 1 is 1.14 bits per heavy atom. The van der Waals surface area contributed by atoms with E-state index in [1.165, 1.54) is 0 Å². The molecule has 21 heavy (non-hydrogen) atoms. The van der Waals surface area contributed by atoms with Gasteiger partial charge < -0.3 is 10.3 Å². The van der Waals surface area contributed by atoms with E-state index >= 15 is 0 Å². The second-order valence-electron chi connectivity index (χ2n) is 4.74. The molecule has 3 aromatic rings. The maximum atomic E-state index is 5.68. The zero-order valence-electron chi connectivity index (χ0n) is 11.9. The summed E-state index contributed by atoms with van der Waals surface area (Å²) in [5.74, 6) is 0.984. The molecule has 0 radical (unpaired) electrons. The summed E-state index contributed by atoms with van der Waals surface area (Å²) >= 11 is 0. The summed E-state index contributed by atoms with van der Waals surface area (Å²) < 4.78 is 5.37. The molecule has 0 saturated carbocycles. The Morgan fingerprint density at radius 2 is 1.90 bits per heavy atom. The Balaban J connectivity index is 2.02. The van der Waals surface area contributed by atoms with Crippen molar-refractivity contribution in [1.82, 2.24) is 20.3 Å². The maximum Gasteiger partial charge on any atom is 0.260 e. The van der Waals surface area contributed by atoms with Gasteiger partial charge in [-0.25, -0.2) is 0 Å². The van der Waals surface area contributed by atoms with Crippen LogP contribution in [-0.4, -0.2) is 20.3 Å². The van der Waals surface area contributed by atoms with Crippen molar-refractivity contribution in [2.75, 3.05) is 5.73 Å². The van der Waals surface area contributed by atoms with Crippen molar-refractivity contribution in [3.63, 3.8) is 0 Å². The Morgan fingerprint density at radius 3 is 2.62 bits per heavy atom. The summed E-state index contributed by atoms with van der Waals surface area (Å²) in [5.41, 5.74) is 9.72. The minimum absolute atomic E-state index is 0.455. The van der Waals surface area contributed by atoms with Crippen LogP contribution in [0.3, 0.4) is 0 Å². The Kier molecular flexibility index (Phi) is 3.35. The first-order valence-corrected chi connectivity index (χ1v) is 6.70. The quantitative estimate of drug-likeness (QED) is 0.742. The van der Waals surface area contributed by atoms with E-state index in [0.717, 1.165) is 28.9 Å². The van der Waals surface area contributed by atoms with Gasteiger partial charge in [0.2, 0.25) is 5.82 Å². The fourth-order valence-corrected chi connectivity index (χ4v) is 2.04. The highest BCUT2D eigenvalue weighted by Crippen LogP contribution is 2.25. The van der Waals surface area contributed by atoms with Crippen LogP contribution in [0.15, 0.2) is 34.9 Å². The zero-order valence-corrected chi connectivity index (χ0v) is 11.9. The van der Waals surface area contributed by atoms with E-state index < -0.39 is 0 Å². The van der Waals surface area contributed by atoms with Crippen molar-refractivity contribution in [3.8, 4) is 22.8 Å².